The number of nitrogens with zero attached hydrogens (tertiary/aromatic N) is 2. The Kier molecular flexibility index (Phi) is 5.13. The van der Waals surface area contributed by atoms with E-state index in [-0.39, 0.29) is 6.10 Å². The standard InChI is InChI=1S/C19H24N2O2/c1-3-12-21(4-2)13-15-7-9-16(10-8-15)18-14-22-17-6-5-11-20-19(17)23-18/h5-11,18H,3-4,12-14H2,1-2H3. The summed E-state index contributed by atoms with van der Waals surface area (Å²) in [7, 11) is 0. The van der Waals surface area contributed by atoms with Crippen LogP contribution in [0.2, 0.25) is 0 Å². The fourth-order valence-corrected chi connectivity index (χ4v) is 2.83. The van der Waals surface area contributed by atoms with E-state index in [1.54, 1.807) is 6.20 Å². The van der Waals surface area contributed by atoms with Gasteiger partial charge in [-0.2, -0.15) is 0 Å². The van der Waals surface area contributed by atoms with Gasteiger partial charge >= 0.3 is 0 Å². The summed E-state index contributed by atoms with van der Waals surface area (Å²) < 4.78 is 11.7. The molecule has 0 bridgehead atoms. The van der Waals surface area contributed by atoms with Gasteiger partial charge in [-0.3, -0.25) is 4.90 Å². The lowest BCUT2D eigenvalue weighted by Gasteiger charge is -2.26. The third-order valence-electron chi connectivity index (χ3n) is 4.13. The molecule has 0 aliphatic carbocycles. The number of fused-ring (bicyclic) bond motifs is 1. The Morgan fingerprint density at radius 3 is 2.74 bits per heavy atom. The lowest BCUT2D eigenvalue weighted by Crippen LogP contribution is -2.24. The first-order valence-electron chi connectivity index (χ1n) is 8.35. The third-order valence-corrected chi connectivity index (χ3v) is 4.13. The molecule has 4 nitrogen and oxygen atoms in total. The molecule has 2 heterocycles. The van der Waals surface area contributed by atoms with Crippen LogP contribution in [0.3, 0.4) is 0 Å². The molecule has 0 N–H and O–H groups in total. The molecule has 1 aromatic carbocycles. The van der Waals surface area contributed by atoms with Crippen molar-refractivity contribution in [3.05, 3.63) is 53.7 Å². The molecule has 1 aliphatic heterocycles. The van der Waals surface area contributed by atoms with Crippen molar-refractivity contribution in [2.24, 2.45) is 0 Å². The van der Waals surface area contributed by atoms with E-state index in [1.807, 2.05) is 12.1 Å². The fraction of sp³-hybridized carbons (Fsp3) is 0.421. The molecule has 1 aromatic heterocycles. The minimum absolute atomic E-state index is 0.0932. The average molecular weight is 312 g/mol. The van der Waals surface area contributed by atoms with E-state index in [1.165, 1.54) is 12.0 Å². The summed E-state index contributed by atoms with van der Waals surface area (Å²) in [6.45, 7) is 8.17. The first kappa shape index (κ1) is 15.8. The molecular weight excluding hydrogens is 288 g/mol. The van der Waals surface area contributed by atoms with Gasteiger partial charge in [0, 0.05) is 12.7 Å². The summed E-state index contributed by atoms with van der Waals surface area (Å²) in [6, 6.07) is 12.4. The smallest absolute Gasteiger partial charge is 0.257 e. The van der Waals surface area contributed by atoms with Crippen LogP contribution in [0.15, 0.2) is 42.6 Å². The molecule has 4 heteroatoms. The largest absolute Gasteiger partial charge is 0.484 e. The Balaban J connectivity index is 1.66. The van der Waals surface area contributed by atoms with E-state index in [0.717, 1.165) is 30.9 Å². The summed E-state index contributed by atoms with van der Waals surface area (Å²) in [5, 5.41) is 0. The van der Waals surface area contributed by atoms with Crippen molar-refractivity contribution < 1.29 is 9.47 Å². The molecule has 1 aliphatic rings. The van der Waals surface area contributed by atoms with Gasteiger partial charge in [-0.25, -0.2) is 4.98 Å². The summed E-state index contributed by atoms with van der Waals surface area (Å²) in [5.41, 5.74) is 2.46. The van der Waals surface area contributed by atoms with E-state index in [0.29, 0.717) is 12.5 Å². The molecular formula is C19H24N2O2. The van der Waals surface area contributed by atoms with Crippen LogP contribution in [0.1, 0.15) is 37.5 Å². The Hall–Kier alpha value is -2.07. The molecule has 2 aromatic rings. The molecule has 1 atom stereocenters. The number of ether oxygens (including phenoxy) is 2. The highest BCUT2D eigenvalue weighted by molar-refractivity contribution is 5.35. The van der Waals surface area contributed by atoms with Crippen LogP contribution < -0.4 is 9.47 Å². The number of rotatable bonds is 6. The van der Waals surface area contributed by atoms with Gasteiger partial charge < -0.3 is 9.47 Å². The monoisotopic (exact) mass is 312 g/mol. The van der Waals surface area contributed by atoms with Crippen molar-refractivity contribution in [1.29, 1.82) is 0 Å². The second-order valence-electron chi connectivity index (χ2n) is 5.83. The van der Waals surface area contributed by atoms with Gasteiger partial charge in [0.05, 0.1) is 0 Å². The first-order valence-corrected chi connectivity index (χ1v) is 8.35. The molecule has 0 saturated carbocycles. The summed E-state index contributed by atoms with van der Waals surface area (Å²) in [4.78, 5) is 6.68. The van der Waals surface area contributed by atoms with Crippen molar-refractivity contribution in [2.45, 2.75) is 32.9 Å². The van der Waals surface area contributed by atoms with Gasteiger partial charge in [0.15, 0.2) is 11.9 Å². The normalized spacial score (nSPS) is 16.6. The topological polar surface area (TPSA) is 34.6 Å². The Morgan fingerprint density at radius 1 is 1.17 bits per heavy atom. The molecule has 0 saturated heterocycles. The summed E-state index contributed by atoms with van der Waals surface area (Å²) in [6.07, 6.45) is 2.82. The Labute approximate surface area is 138 Å². The quantitative estimate of drug-likeness (QED) is 0.812. The van der Waals surface area contributed by atoms with Crippen LogP contribution in [0.25, 0.3) is 0 Å². The number of pyridine rings is 1. The second kappa shape index (κ2) is 7.47. The van der Waals surface area contributed by atoms with Crippen LogP contribution in [0.5, 0.6) is 11.6 Å². The van der Waals surface area contributed by atoms with E-state index in [4.69, 9.17) is 9.47 Å². The molecule has 0 fully saturated rings. The van der Waals surface area contributed by atoms with Gasteiger partial charge in [0.2, 0.25) is 0 Å². The number of benzene rings is 1. The van der Waals surface area contributed by atoms with E-state index >= 15 is 0 Å². The lowest BCUT2D eigenvalue weighted by atomic mass is 10.1. The second-order valence-corrected chi connectivity index (χ2v) is 5.83. The molecule has 0 spiro atoms. The fourth-order valence-electron chi connectivity index (χ4n) is 2.83. The van der Waals surface area contributed by atoms with E-state index < -0.39 is 0 Å². The maximum atomic E-state index is 5.95. The van der Waals surface area contributed by atoms with Crippen molar-refractivity contribution in [2.75, 3.05) is 19.7 Å². The van der Waals surface area contributed by atoms with Gasteiger partial charge in [-0.05, 0) is 42.8 Å². The highest BCUT2D eigenvalue weighted by Gasteiger charge is 2.23. The van der Waals surface area contributed by atoms with Crippen molar-refractivity contribution in [3.63, 3.8) is 0 Å². The van der Waals surface area contributed by atoms with E-state index in [9.17, 15) is 0 Å². The molecule has 23 heavy (non-hydrogen) atoms. The van der Waals surface area contributed by atoms with Crippen molar-refractivity contribution in [1.82, 2.24) is 9.88 Å². The number of hydrogen-bond donors (Lipinski definition) is 0. The lowest BCUT2D eigenvalue weighted by molar-refractivity contribution is 0.0851. The van der Waals surface area contributed by atoms with Crippen LogP contribution in [0, 0.1) is 0 Å². The maximum absolute atomic E-state index is 5.95. The van der Waals surface area contributed by atoms with Gasteiger partial charge in [-0.1, -0.05) is 38.1 Å². The molecule has 122 valence electrons. The van der Waals surface area contributed by atoms with Crippen molar-refractivity contribution in [3.8, 4) is 11.6 Å². The highest BCUT2D eigenvalue weighted by atomic mass is 16.6. The Bertz CT molecular complexity index is 628. The predicted octanol–water partition coefficient (Wildman–Crippen LogP) is 3.83. The van der Waals surface area contributed by atoms with Crippen LogP contribution in [-0.4, -0.2) is 29.6 Å². The average Bonchev–Trinajstić information content (AvgIpc) is 2.61. The van der Waals surface area contributed by atoms with Gasteiger partial charge in [-0.15, -0.1) is 0 Å². The molecule has 0 radical (unpaired) electrons. The number of hydrogen-bond acceptors (Lipinski definition) is 4. The maximum Gasteiger partial charge on any atom is 0.257 e. The summed E-state index contributed by atoms with van der Waals surface area (Å²) >= 11 is 0. The minimum Gasteiger partial charge on any atom is -0.484 e. The SMILES string of the molecule is CCCN(CC)Cc1ccc(C2COc3cccnc3O2)cc1. The van der Waals surface area contributed by atoms with E-state index in [2.05, 4.69) is 48.0 Å². The zero-order chi connectivity index (χ0) is 16.1. The predicted molar refractivity (Wildman–Crippen MR) is 90.8 cm³/mol. The van der Waals surface area contributed by atoms with Gasteiger partial charge in [0.25, 0.3) is 5.88 Å². The first-order chi connectivity index (χ1) is 11.3. The summed E-state index contributed by atoms with van der Waals surface area (Å²) in [5.74, 6) is 1.30. The zero-order valence-corrected chi connectivity index (χ0v) is 13.9. The highest BCUT2D eigenvalue weighted by Crippen LogP contribution is 2.33. The van der Waals surface area contributed by atoms with Crippen LogP contribution in [-0.2, 0) is 6.54 Å². The third kappa shape index (κ3) is 3.82. The molecule has 0 amide bonds. The Morgan fingerprint density at radius 2 is 2.00 bits per heavy atom. The number of aromatic nitrogens is 1. The molecule has 1 unspecified atom stereocenters. The van der Waals surface area contributed by atoms with Crippen LogP contribution in [0.4, 0.5) is 0 Å². The van der Waals surface area contributed by atoms with Gasteiger partial charge in [0.1, 0.15) is 6.61 Å². The molecule has 3 rings (SSSR count). The minimum atomic E-state index is -0.0932. The van der Waals surface area contributed by atoms with Crippen LogP contribution >= 0.6 is 0 Å². The zero-order valence-electron chi connectivity index (χ0n) is 13.9. The van der Waals surface area contributed by atoms with Crippen molar-refractivity contribution >= 4 is 0 Å².